The van der Waals surface area contributed by atoms with Crippen molar-refractivity contribution in [2.75, 3.05) is 18.6 Å². The predicted octanol–water partition coefficient (Wildman–Crippen LogP) is 2.58. The van der Waals surface area contributed by atoms with Crippen LogP contribution in [0.15, 0.2) is 42.6 Å². The smallest absolute Gasteiger partial charge is 0.171 e. The van der Waals surface area contributed by atoms with E-state index in [1.165, 1.54) is 5.56 Å². The highest BCUT2D eigenvalue weighted by atomic mass is 16.5. The number of benzene rings is 1. The van der Waals surface area contributed by atoms with Gasteiger partial charge in [-0.25, -0.2) is 4.98 Å². The number of pyridine rings is 1. The average Bonchev–Trinajstić information content (AvgIpc) is 2.48. The van der Waals surface area contributed by atoms with E-state index in [0.29, 0.717) is 13.2 Å². The van der Waals surface area contributed by atoms with Crippen molar-refractivity contribution in [3.05, 3.63) is 53.7 Å². The van der Waals surface area contributed by atoms with Crippen molar-refractivity contribution in [1.82, 2.24) is 4.98 Å². The van der Waals surface area contributed by atoms with Crippen molar-refractivity contribution in [3.8, 4) is 5.75 Å². The van der Waals surface area contributed by atoms with E-state index < -0.39 is 0 Å². The van der Waals surface area contributed by atoms with Crippen molar-refractivity contribution in [3.63, 3.8) is 0 Å². The molecule has 106 valence electrons. The third kappa shape index (κ3) is 3.48. The molecule has 0 atom stereocenters. The summed E-state index contributed by atoms with van der Waals surface area (Å²) in [4.78, 5) is 6.50. The van der Waals surface area contributed by atoms with Crippen LogP contribution in [0, 0.1) is 0 Å². The highest BCUT2D eigenvalue weighted by Crippen LogP contribution is 2.25. The minimum Gasteiger partial charge on any atom is -0.490 e. The molecule has 4 nitrogen and oxygen atoms in total. The number of aromatic nitrogens is 1. The highest BCUT2D eigenvalue weighted by molar-refractivity contribution is 5.51. The van der Waals surface area contributed by atoms with E-state index in [4.69, 9.17) is 10.5 Å². The van der Waals surface area contributed by atoms with Crippen LogP contribution in [0.3, 0.4) is 0 Å². The van der Waals surface area contributed by atoms with Crippen LogP contribution in [-0.2, 0) is 13.1 Å². The van der Waals surface area contributed by atoms with E-state index in [1.54, 1.807) is 6.20 Å². The van der Waals surface area contributed by atoms with Gasteiger partial charge in [0.15, 0.2) is 11.6 Å². The first-order valence-corrected chi connectivity index (χ1v) is 6.81. The number of rotatable bonds is 6. The highest BCUT2D eigenvalue weighted by Gasteiger charge is 2.10. The Hall–Kier alpha value is -2.07. The number of hydrogen-bond acceptors (Lipinski definition) is 4. The van der Waals surface area contributed by atoms with Crippen LogP contribution >= 0.6 is 0 Å². The van der Waals surface area contributed by atoms with Crippen LogP contribution in [0.1, 0.15) is 18.1 Å². The molecule has 0 aliphatic carbocycles. The number of hydrogen-bond donors (Lipinski definition) is 1. The zero-order chi connectivity index (χ0) is 14.4. The van der Waals surface area contributed by atoms with Crippen LogP contribution in [0.5, 0.6) is 5.75 Å². The SMILES string of the molecule is CCOc1cccnc1N(C)Cc1cccc(CN)c1. The Kier molecular flexibility index (Phi) is 4.96. The number of nitrogens with two attached hydrogens (primary N) is 1. The maximum atomic E-state index is 5.68. The van der Waals surface area contributed by atoms with Gasteiger partial charge in [-0.3, -0.25) is 0 Å². The van der Waals surface area contributed by atoms with Gasteiger partial charge >= 0.3 is 0 Å². The standard InChI is InChI=1S/C16H21N3O/c1-3-20-15-8-5-9-18-16(15)19(2)12-14-7-4-6-13(10-14)11-17/h4-10H,3,11-12,17H2,1-2H3. The molecular weight excluding hydrogens is 250 g/mol. The minimum atomic E-state index is 0.561. The van der Waals surface area contributed by atoms with Crippen LogP contribution in [0.25, 0.3) is 0 Å². The summed E-state index contributed by atoms with van der Waals surface area (Å²) in [5, 5.41) is 0. The zero-order valence-corrected chi connectivity index (χ0v) is 12.0. The van der Waals surface area contributed by atoms with Crippen molar-refractivity contribution in [1.29, 1.82) is 0 Å². The van der Waals surface area contributed by atoms with Crippen molar-refractivity contribution >= 4 is 5.82 Å². The first-order valence-electron chi connectivity index (χ1n) is 6.81. The second-order valence-electron chi connectivity index (χ2n) is 4.64. The number of anilines is 1. The monoisotopic (exact) mass is 271 g/mol. The molecule has 0 fully saturated rings. The normalized spacial score (nSPS) is 10.3. The van der Waals surface area contributed by atoms with Crippen molar-refractivity contribution in [2.45, 2.75) is 20.0 Å². The second kappa shape index (κ2) is 6.91. The Morgan fingerprint density at radius 1 is 1.20 bits per heavy atom. The average molecular weight is 271 g/mol. The fraction of sp³-hybridized carbons (Fsp3) is 0.312. The van der Waals surface area contributed by atoms with Crippen LogP contribution in [-0.4, -0.2) is 18.6 Å². The third-order valence-corrected chi connectivity index (χ3v) is 3.06. The van der Waals surface area contributed by atoms with Crippen LogP contribution in [0.2, 0.25) is 0 Å². The molecule has 0 amide bonds. The Morgan fingerprint density at radius 2 is 2.00 bits per heavy atom. The Balaban J connectivity index is 2.17. The molecule has 1 aromatic carbocycles. The molecule has 2 rings (SSSR count). The van der Waals surface area contributed by atoms with Crippen molar-refractivity contribution < 1.29 is 4.74 Å². The summed E-state index contributed by atoms with van der Waals surface area (Å²) in [6.45, 7) is 3.94. The number of ether oxygens (including phenoxy) is 1. The maximum Gasteiger partial charge on any atom is 0.171 e. The van der Waals surface area contributed by atoms with Crippen molar-refractivity contribution in [2.24, 2.45) is 5.73 Å². The molecule has 0 aliphatic rings. The first kappa shape index (κ1) is 14.3. The lowest BCUT2D eigenvalue weighted by Gasteiger charge is -2.21. The lowest BCUT2D eigenvalue weighted by atomic mass is 10.1. The summed E-state index contributed by atoms with van der Waals surface area (Å²) in [6, 6.07) is 12.1. The topological polar surface area (TPSA) is 51.4 Å². The minimum absolute atomic E-state index is 0.561. The summed E-state index contributed by atoms with van der Waals surface area (Å²) in [5.74, 6) is 1.67. The van der Waals surface area contributed by atoms with Gasteiger partial charge in [0, 0.05) is 26.3 Å². The number of nitrogens with zero attached hydrogens (tertiary/aromatic N) is 2. The molecule has 0 saturated carbocycles. The molecule has 2 aromatic rings. The molecule has 0 radical (unpaired) electrons. The summed E-state index contributed by atoms with van der Waals surface area (Å²) >= 11 is 0. The van der Waals surface area contributed by atoms with E-state index in [-0.39, 0.29) is 0 Å². The molecule has 2 N–H and O–H groups in total. The largest absolute Gasteiger partial charge is 0.490 e. The molecule has 4 heteroatoms. The summed E-state index contributed by atoms with van der Waals surface area (Å²) in [5.41, 5.74) is 8.03. The molecule has 0 unspecified atom stereocenters. The Labute approximate surface area is 120 Å². The van der Waals surface area contributed by atoms with Gasteiger partial charge in [-0.2, -0.15) is 0 Å². The van der Waals surface area contributed by atoms with E-state index in [0.717, 1.165) is 23.7 Å². The Bertz CT molecular complexity index is 557. The van der Waals surface area contributed by atoms with E-state index in [1.807, 2.05) is 38.2 Å². The fourth-order valence-electron chi connectivity index (χ4n) is 2.14. The lowest BCUT2D eigenvalue weighted by molar-refractivity contribution is 0.339. The molecule has 1 heterocycles. The summed E-state index contributed by atoms with van der Waals surface area (Å²) < 4.78 is 5.62. The maximum absolute atomic E-state index is 5.68. The van der Waals surface area contributed by atoms with E-state index in [9.17, 15) is 0 Å². The summed E-state index contributed by atoms with van der Waals surface area (Å²) in [6.07, 6.45) is 1.78. The van der Waals surface area contributed by atoms with Gasteiger partial charge in [0.05, 0.1) is 6.61 Å². The molecule has 20 heavy (non-hydrogen) atoms. The van der Waals surface area contributed by atoms with Gasteiger partial charge in [0.25, 0.3) is 0 Å². The Morgan fingerprint density at radius 3 is 2.75 bits per heavy atom. The molecule has 0 bridgehead atoms. The predicted molar refractivity (Wildman–Crippen MR) is 81.8 cm³/mol. The summed E-state index contributed by atoms with van der Waals surface area (Å²) in [7, 11) is 2.01. The van der Waals surface area contributed by atoms with Gasteiger partial charge in [-0.15, -0.1) is 0 Å². The van der Waals surface area contributed by atoms with E-state index >= 15 is 0 Å². The molecule has 0 aliphatic heterocycles. The second-order valence-corrected chi connectivity index (χ2v) is 4.64. The van der Waals surface area contributed by atoms with Gasteiger partial charge < -0.3 is 15.4 Å². The lowest BCUT2D eigenvalue weighted by Crippen LogP contribution is -2.19. The zero-order valence-electron chi connectivity index (χ0n) is 12.0. The van der Waals surface area contributed by atoms with Crippen LogP contribution < -0.4 is 15.4 Å². The molecule has 0 spiro atoms. The molecular formula is C16H21N3O. The van der Waals surface area contributed by atoms with E-state index in [2.05, 4.69) is 22.0 Å². The van der Waals surface area contributed by atoms with Gasteiger partial charge in [0.1, 0.15) is 0 Å². The van der Waals surface area contributed by atoms with Crippen LogP contribution in [0.4, 0.5) is 5.82 Å². The molecule has 1 aromatic heterocycles. The molecule has 0 saturated heterocycles. The quantitative estimate of drug-likeness (QED) is 0.877. The van der Waals surface area contributed by atoms with Gasteiger partial charge in [-0.1, -0.05) is 24.3 Å². The van der Waals surface area contributed by atoms with Gasteiger partial charge in [-0.05, 0) is 30.2 Å². The first-order chi connectivity index (χ1) is 9.74. The third-order valence-electron chi connectivity index (χ3n) is 3.06. The van der Waals surface area contributed by atoms with Gasteiger partial charge in [0.2, 0.25) is 0 Å². The fourth-order valence-corrected chi connectivity index (χ4v) is 2.14.